The Labute approximate surface area is 169 Å². The molecule has 0 aromatic rings. The first-order chi connectivity index (χ1) is 13.6. The van der Waals surface area contributed by atoms with Crippen LogP contribution in [0.2, 0.25) is 0 Å². The Hall–Kier alpha value is -2.01. The number of hydrogen-bond acceptors (Lipinski definition) is 16. The first-order valence-corrected chi connectivity index (χ1v) is 10.7. The van der Waals surface area contributed by atoms with E-state index in [1.165, 1.54) is 0 Å². The lowest BCUT2D eigenvalue weighted by Gasteiger charge is -2.48. The summed E-state index contributed by atoms with van der Waals surface area (Å²) in [5.74, 6) is -4.97. The summed E-state index contributed by atoms with van der Waals surface area (Å²) in [6.07, 6.45) is -2.57. The molecule has 20 heteroatoms. The fourth-order valence-electron chi connectivity index (χ4n) is 3.63. The smallest absolute Gasteiger partial charge is 0.365 e. The number of carbonyl (C=O) groups excluding carboxylic acids is 1. The first-order valence-electron chi connectivity index (χ1n) is 7.86. The number of aliphatic imine (C=N–C) groups is 2. The third-order valence-corrected chi connectivity index (χ3v) is 5.41. The largest absolute Gasteiger partial charge is 0.370 e. The Morgan fingerprint density at radius 2 is 1.90 bits per heavy atom. The van der Waals surface area contributed by atoms with Gasteiger partial charge in [-0.25, -0.2) is 9.98 Å². The first kappa shape index (κ1) is 22.7. The molecule has 0 amide bonds. The topological polar surface area (TPSA) is 295 Å². The zero-order valence-corrected chi connectivity index (χ0v) is 16.3. The molecule has 0 radical (unpaired) electrons. The zero-order chi connectivity index (χ0) is 22.7. The van der Waals surface area contributed by atoms with Gasteiger partial charge in [0.2, 0.25) is 16.9 Å². The summed E-state index contributed by atoms with van der Waals surface area (Å²) < 4.78 is 61.8. The third kappa shape index (κ3) is 3.84. The van der Waals surface area contributed by atoms with Gasteiger partial charge in [0.05, 0.1) is 19.0 Å². The van der Waals surface area contributed by atoms with Crippen LogP contribution in [-0.4, -0.2) is 95.8 Å². The van der Waals surface area contributed by atoms with Crippen LogP contribution in [0.1, 0.15) is 6.42 Å². The molecule has 0 saturated carbocycles. The van der Waals surface area contributed by atoms with Gasteiger partial charge in [-0.05, 0) is 4.89 Å². The van der Waals surface area contributed by atoms with E-state index >= 15 is 0 Å². The molecule has 0 aromatic carbocycles. The van der Waals surface area contributed by atoms with Gasteiger partial charge in [-0.15, -0.1) is 0 Å². The van der Waals surface area contributed by atoms with Crippen molar-refractivity contribution < 1.29 is 50.7 Å². The average Bonchev–Trinajstić information content (AvgIpc) is 3.01. The fourth-order valence-corrected chi connectivity index (χ4v) is 4.34. The summed E-state index contributed by atoms with van der Waals surface area (Å²) in [6, 6.07) is -2.63. The van der Waals surface area contributed by atoms with Crippen molar-refractivity contribution in [1.82, 2.24) is 15.1 Å². The molecule has 1 spiro atoms. The van der Waals surface area contributed by atoms with Crippen LogP contribution in [0.3, 0.4) is 0 Å². The minimum Gasteiger partial charge on any atom is -0.370 e. The third-order valence-electron chi connectivity index (χ3n) is 4.63. The summed E-state index contributed by atoms with van der Waals surface area (Å²) in [6.45, 7) is -0.521. The Morgan fingerprint density at radius 3 is 2.47 bits per heavy atom. The molecule has 4 atom stereocenters. The van der Waals surface area contributed by atoms with E-state index in [1.54, 1.807) is 0 Å². The van der Waals surface area contributed by atoms with E-state index in [2.05, 4.69) is 24.3 Å². The summed E-state index contributed by atoms with van der Waals surface area (Å²) in [4.78, 5) is 26.2. The van der Waals surface area contributed by atoms with Gasteiger partial charge in [-0.3, -0.25) is 27.2 Å². The second kappa shape index (κ2) is 7.01. The molecular formula is C10H19N7O11S2. The van der Waals surface area contributed by atoms with Gasteiger partial charge in [-0.2, -0.15) is 8.42 Å². The van der Waals surface area contributed by atoms with Crippen LogP contribution in [0.15, 0.2) is 9.98 Å². The SMILES string of the molecule is NC1=NC2[C@H](CC(=O)ONS(=O)(=O)O)N=C(N)N3C[C@@H](OS(O)(O)O)C(O)(O)C23N1. The molecule has 0 aromatic heterocycles. The highest BCUT2D eigenvalue weighted by Gasteiger charge is 2.74. The molecule has 3 aliphatic heterocycles. The monoisotopic (exact) mass is 477 g/mol. The van der Waals surface area contributed by atoms with Crippen molar-refractivity contribution in [2.75, 3.05) is 6.54 Å². The van der Waals surface area contributed by atoms with E-state index in [-0.39, 0.29) is 11.9 Å². The number of nitrogens with two attached hydrogens (primary N) is 2. The Bertz CT molecular complexity index is 902. The van der Waals surface area contributed by atoms with Gasteiger partial charge in [0.1, 0.15) is 6.04 Å². The molecule has 1 fully saturated rings. The number of carbonyl (C=O) groups is 1. The molecule has 18 nitrogen and oxygen atoms in total. The van der Waals surface area contributed by atoms with E-state index in [1.807, 2.05) is 0 Å². The van der Waals surface area contributed by atoms with Crippen molar-refractivity contribution in [3.63, 3.8) is 0 Å². The van der Waals surface area contributed by atoms with E-state index in [4.69, 9.17) is 29.7 Å². The minimum atomic E-state index is -4.84. The van der Waals surface area contributed by atoms with Gasteiger partial charge in [0, 0.05) is 0 Å². The Morgan fingerprint density at radius 1 is 1.27 bits per heavy atom. The number of aliphatic hydroxyl groups is 2. The van der Waals surface area contributed by atoms with E-state index in [9.17, 15) is 23.4 Å². The van der Waals surface area contributed by atoms with Crippen LogP contribution in [0.4, 0.5) is 0 Å². The van der Waals surface area contributed by atoms with Crippen molar-refractivity contribution in [3.05, 3.63) is 0 Å². The highest BCUT2D eigenvalue weighted by molar-refractivity contribution is 8.15. The van der Waals surface area contributed by atoms with Gasteiger partial charge in [-0.1, -0.05) is 0 Å². The van der Waals surface area contributed by atoms with Crippen molar-refractivity contribution in [2.24, 2.45) is 21.5 Å². The normalized spacial score (nSPS) is 33.1. The summed E-state index contributed by atoms with van der Waals surface area (Å²) in [7, 11) is -4.84. The predicted octanol–water partition coefficient (Wildman–Crippen LogP) is -4.57. The second-order valence-corrected chi connectivity index (χ2v) is 8.78. The van der Waals surface area contributed by atoms with Crippen LogP contribution in [0, 0.1) is 0 Å². The number of guanidine groups is 2. The molecule has 0 aliphatic carbocycles. The molecule has 172 valence electrons. The van der Waals surface area contributed by atoms with Gasteiger partial charge in [0.15, 0.2) is 23.7 Å². The number of rotatable bonds is 6. The second-order valence-electron chi connectivity index (χ2n) is 6.53. The molecule has 3 rings (SSSR count). The van der Waals surface area contributed by atoms with Crippen molar-refractivity contribution in [2.45, 2.75) is 36.1 Å². The maximum atomic E-state index is 11.9. The maximum Gasteiger partial charge on any atom is 0.365 e. The maximum absolute atomic E-state index is 11.9. The number of nitrogens with one attached hydrogen (secondary N) is 2. The number of nitrogens with zero attached hydrogens (tertiary/aromatic N) is 3. The molecule has 2 unspecified atom stereocenters. The van der Waals surface area contributed by atoms with Crippen LogP contribution >= 0.6 is 11.2 Å². The summed E-state index contributed by atoms with van der Waals surface area (Å²) in [5.41, 5.74) is 9.41. The lowest BCUT2D eigenvalue weighted by Crippen LogP contribution is -2.77. The van der Waals surface area contributed by atoms with Gasteiger partial charge < -0.3 is 36.7 Å². The molecule has 30 heavy (non-hydrogen) atoms. The van der Waals surface area contributed by atoms with Crippen LogP contribution in [-0.2, 0) is 24.1 Å². The van der Waals surface area contributed by atoms with Gasteiger partial charge in [0.25, 0.3) is 0 Å². The summed E-state index contributed by atoms with van der Waals surface area (Å²) in [5, 5.41) is 24.1. The van der Waals surface area contributed by atoms with Crippen molar-refractivity contribution in [3.8, 4) is 0 Å². The lowest BCUT2D eigenvalue weighted by molar-refractivity contribution is -0.253. The van der Waals surface area contributed by atoms with Crippen molar-refractivity contribution >= 4 is 39.3 Å². The van der Waals surface area contributed by atoms with Crippen LogP contribution in [0.25, 0.3) is 0 Å². The van der Waals surface area contributed by atoms with Gasteiger partial charge >= 0.3 is 16.3 Å². The van der Waals surface area contributed by atoms with E-state index in [0.29, 0.717) is 0 Å². The number of hydrogen-bond donors (Lipinski definition) is 10. The highest BCUT2D eigenvalue weighted by atomic mass is 32.3. The quantitative estimate of drug-likeness (QED) is 0.0977. The molecule has 12 N–H and O–H groups in total. The standard InChI is InChI=1S/C10H19N7O11S2/c11-7-14-6-3(1-5(18)27-16-29(21,22)23)13-8(12)17-2-4(28-30(24,25)26)10(19,20)9(6,17)15-7/h3-4,6,16,19-20,24-26H,1-2H2,(H2,12,13)(H3,11,14,15)(H,21,22,23)/t3-,4+,6?,9?/m0/s1. The highest BCUT2D eigenvalue weighted by Crippen LogP contribution is 2.49. The fraction of sp³-hybridized carbons (Fsp3) is 0.700. The lowest BCUT2D eigenvalue weighted by atomic mass is 9.84. The zero-order valence-electron chi connectivity index (χ0n) is 14.7. The average molecular weight is 477 g/mol. The minimum absolute atomic E-state index is 0.326. The molecular weight excluding hydrogens is 458 g/mol. The van der Waals surface area contributed by atoms with Crippen LogP contribution < -0.4 is 21.7 Å². The molecule has 3 heterocycles. The summed E-state index contributed by atoms with van der Waals surface area (Å²) >= 11 is -4.63. The molecule has 0 bridgehead atoms. The Balaban J connectivity index is 1.92. The predicted molar refractivity (Wildman–Crippen MR) is 96.3 cm³/mol. The Kier molecular flexibility index (Phi) is 5.30. The van der Waals surface area contributed by atoms with Crippen LogP contribution in [0.5, 0.6) is 0 Å². The molecule has 3 aliphatic rings. The van der Waals surface area contributed by atoms with E-state index < -0.39 is 70.0 Å². The van der Waals surface area contributed by atoms with E-state index in [0.717, 1.165) is 9.79 Å². The van der Waals surface area contributed by atoms with Crippen molar-refractivity contribution in [1.29, 1.82) is 0 Å². The molecule has 1 saturated heterocycles.